The molecule has 0 saturated heterocycles. The second-order valence-electron chi connectivity index (χ2n) is 5.31. The molecule has 0 atom stereocenters. The number of benzene rings is 2. The van der Waals surface area contributed by atoms with Crippen LogP contribution in [0.2, 0.25) is 0 Å². The quantitative estimate of drug-likeness (QED) is 0.629. The van der Waals surface area contributed by atoms with Crippen molar-refractivity contribution in [3.63, 3.8) is 0 Å². The van der Waals surface area contributed by atoms with Crippen LogP contribution in [-0.4, -0.2) is 26.9 Å². The van der Waals surface area contributed by atoms with Crippen LogP contribution in [0, 0.1) is 24.3 Å². The third-order valence-electron chi connectivity index (χ3n) is 3.56. The number of carbonyl (C=O) groups excluding carboxylic acids is 1. The molecule has 0 N–H and O–H groups in total. The highest BCUT2D eigenvalue weighted by molar-refractivity contribution is 6.70. The first-order chi connectivity index (χ1) is 10.5. The van der Waals surface area contributed by atoms with Crippen molar-refractivity contribution >= 4 is 17.2 Å². The molecule has 22 heavy (non-hydrogen) atoms. The number of hydrogen-bond donors (Lipinski definition) is 0. The Morgan fingerprint density at radius 2 is 1.18 bits per heavy atom. The fraction of sp³-hybridized carbons (Fsp3) is 0.118. The van der Waals surface area contributed by atoms with Gasteiger partial charge in [-0.3, -0.25) is 4.79 Å². The molecule has 0 unspecified atom stereocenters. The van der Waals surface area contributed by atoms with Gasteiger partial charge in [0.25, 0.3) is 0 Å². The number of aryl methyl sites for hydroxylation is 2. The zero-order valence-electron chi connectivity index (χ0n) is 12.2. The van der Waals surface area contributed by atoms with E-state index in [9.17, 15) is 15.2 Å². The third-order valence-corrected chi connectivity index (χ3v) is 3.56. The van der Waals surface area contributed by atoms with E-state index in [0.717, 1.165) is 11.1 Å². The number of hydrogen-bond acceptors (Lipinski definition) is 3. The van der Waals surface area contributed by atoms with E-state index in [-0.39, 0.29) is 21.1 Å². The van der Waals surface area contributed by atoms with Crippen LogP contribution in [0.1, 0.15) is 22.3 Å². The van der Waals surface area contributed by atoms with E-state index in [4.69, 9.17) is 0 Å². The summed E-state index contributed by atoms with van der Waals surface area (Å²) >= 11 is 0. The molecule has 2 aromatic carbocycles. The Morgan fingerprint density at radius 1 is 0.773 bits per heavy atom. The molecule has 110 valence electrons. The van der Waals surface area contributed by atoms with E-state index in [1.165, 1.54) is 0 Å². The van der Waals surface area contributed by atoms with Crippen molar-refractivity contribution < 1.29 is 14.5 Å². The lowest BCUT2D eigenvalue weighted by Gasteiger charge is -1.99. The maximum Gasteiger partial charge on any atom is 0.349 e. The standard InChI is InChI=1S/C17H14N2O3/c1-11-5-3-7-13(9-11)15-17(20)16(19(22)18(15)21)14-8-4-6-12(2)10-14/h3-10H,1-2H3. The summed E-state index contributed by atoms with van der Waals surface area (Å²) in [4.78, 5) is 12.8. The topological polar surface area (TPSA) is 69.2 Å². The Kier molecular flexibility index (Phi) is 3.25. The molecule has 0 bridgehead atoms. The summed E-state index contributed by atoms with van der Waals surface area (Å²) in [6.07, 6.45) is 0. The van der Waals surface area contributed by atoms with E-state index >= 15 is 0 Å². The SMILES string of the molecule is Cc1cccc(C2=[N+]([O-])[N+]([O-])=C(c3cccc(C)c3)C2=O)c1. The summed E-state index contributed by atoms with van der Waals surface area (Å²) in [6.45, 7) is 3.72. The maximum absolute atomic E-state index is 12.6. The molecular formula is C17H14N2O3. The average Bonchev–Trinajstić information content (AvgIpc) is 2.69. The third kappa shape index (κ3) is 2.16. The minimum Gasteiger partial charge on any atom is -0.561 e. The highest BCUT2D eigenvalue weighted by atomic mass is 16.7. The number of ketones is 1. The molecule has 0 aliphatic carbocycles. The summed E-state index contributed by atoms with van der Waals surface area (Å²) in [5, 5.41) is 24.3. The number of nitrogens with zero attached hydrogens (tertiary/aromatic N) is 2. The van der Waals surface area contributed by atoms with Gasteiger partial charge < -0.3 is 10.4 Å². The van der Waals surface area contributed by atoms with Gasteiger partial charge in [0.05, 0.1) is 20.8 Å². The van der Waals surface area contributed by atoms with Gasteiger partial charge in [-0.25, -0.2) is 0 Å². The second-order valence-corrected chi connectivity index (χ2v) is 5.31. The van der Waals surface area contributed by atoms with E-state index in [1.54, 1.807) is 36.4 Å². The first kappa shape index (κ1) is 14.0. The van der Waals surface area contributed by atoms with Gasteiger partial charge in [-0.05, 0) is 38.1 Å². The Bertz CT molecular complexity index is 781. The number of Topliss-reactive ketones (excluding diaryl/α,β-unsaturated/α-hetero) is 1. The minimum atomic E-state index is -0.554. The molecule has 1 aliphatic heterocycles. The van der Waals surface area contributed by atoms with Crippen LogP contribution < -0.4 is 0 Å². The fourth-order valence-corrected chi connectivity index (χ4v) is 2.54. The van der Waals surface area contributed by atoms with E-state index < -0.39 is 5.78 Å². The summed E-state index contributed by atoms with van der Waals surface area (Å²) < 4.78 is 0. The molecule has 0 fully saturated rings. The molecule has 1 aliphatic rings. The van der Waals surface area contributed by atoms with Crippen molar-refractivity contribution in [2.24, 2.45) is 0 Å². The Morgan fingerprint density at radius 3 is 1.55 bits per heavy atom. The van der Waals surface area contributed by atoms with E-state index in [1.807, 2.05) is 26.0 Å². The molecular weight excluding hydrogens is 280 g/mol. The lowest BCUT2D eigenvalue weighted by molar-refractivity contribution is -1.05. The van der Waals surface area contributed by atoms with Crippen LogP contribution in [0.5, 0.6) is 0 Å². The summed E-state index contributed by atoms with van der Waals surface area (Å²) in [6, 6.07) is 13.9. The monoisotopic (exact) mass is 294 g/mol. The van der Waals surface area contributed by atoms with Gasteiger partial charge in [0.2, 0.25) is 0 Å². The molecule has 5 heteroatoms. The van der Waals surface area contributed by atoms with E-state index in [0.29, 0.717) is 11.1 Å². The average molecular weight is 294 g/mol. The van der Waals surface area contributed by atoms with Gasteiger partial charge in [-0.2, -0.15) is 0 Å². The predicted octanol–water partition coefficient (Wildman–Crippen LogP) is 2.10. The lowest BCUT2D eigenvalue weighted by Crippen LogP contribution is -2.23. The molecule has 0 amide bonds. The summed E-state index contributed by atoms with van der Waals surface area (Å²) in [7, 11) is 0. The van der Waals surface area contributed by atoms with Gasteiger partial charge in [0, 0.05) is 0 Å². The van der Waals surface area contributed by atoms with Gasteiger partial charge in [-0.1, -0.05) is 35.4 Å². The van der Waals surface area contributed by atoms with Crippen LogP contribution in [0.15, 0.2) is 48.5 Å². The minimum absolute atomic E-state index is 0.120. The number of carbonyl (C=O) groups is 1. The lowest BCUT2D eigenvalue weighted by atomic mass is 9.98. The molecule has 3 rings (SSSR count). The largest absolute Gasteiger partial charge is 0.561 e. The number of hydrazone groups is 2. The van der Waals surface area contributed by atoms with Crippen LogP contribution in [-0.2, 0) is 4.79 Å². The van der Waals surface area contributed by atoms with Crippen LogP contribution in [0.3, 0.4) is 0 Å². The smallest absolute Gasteiger partial charge is 0.349 e. The van der Waals surface area contributed by atoms with Crippen molar-refractivity contribution in [2.45, 2.75) is 13.8 Å². The summed E-state index contributed by atoms with van der Waals surface area (Å²) in [5.74, 6) is -0.554. The van der Waals surface area contributed by atoms with Crippen molar-refractivity contribution in [1.82, 2.24) is 0 Å². The van der Waals surface area contributed by atoms with Crippen LogP contribution in [0.4, 0.5) is 0 Å². The molecule has 1 heterocycles. The van der Waals surface area contributed by atoms with Gasteiger partial charge in [0.15, 0.2) is 0 Å². The Hall–Kier alpha value is -2.95. The molecule has 0 spiro atoms. The van der Waals surface area contributed by atoms with Crippen molar-refractivity contribution in [2.75, 3.05) is 0 Å². The molecule has 0 radical (unpaired) electrons. The second kappa shape index (κ2) is 5.11. The van der Waals surface area contributed by atoms with Crippen LogP contribution >= 0.6 is 0 Å². The zero-order chi connectivity index (χ0) is 15.9. The molecule has 0 saturated carbocycles. The highest BCUT2D eigenvalue weighted by Gasteiger charge is 2.45. The fourth-order valence-electron chi connectivity index (χ4n) is 2.54. The Labute approximate surface area is 127 Å². The molecule has 5 nitrogen and oxygen atoms in total. The molecule has 2 aromatic rings. The predicted molar refractivity (Wildman–Crippen MR) is 82.8 cm³/mol. The van der Waals surface area contributed by atoms with Crippen molar-refractivity contribution in [1.29, 1.82) is 0 Å². The van der Waals surface area contributed by atoms with E-state index in [2.05, 4.69) is 0 Å². The highest BCUT2D eigenvalue weighted by Crippen LogP contribution is 2.15. The van der Waals surface area contributed by atoms with Crippen molar-refractivity contribution in [3.05, 3.63) is 81.2 Å². The molecule has 0 aromatic heterocycles. The summed E-state index contributed by atoms with van der Waals surface area (Å²) in [5.41, 5.74) is 2.43. The number of rotatable bonds is 2. The zero-order valence-corrected chi connectivity index (χ0v) is 12.2. The van der Waals surface area contributed by atoms with Crippen LogP contribution in [0.25, 0.3) is 0 Å². The normalized spacial score (nSPS) is 14.9. The van der Waals surface area contributed by atoms with Gasteiger partial charge in [0.1, 0.15) is 0 Å². The number of hydrazine groups is 1. The van der Waals surface area contributed by atoms with Gasteiger partial charge in [-0.15, -0.1) is 0 Å². The first-order valence-electron chi connectivity index (χ1n) is 6.86. The van der Waals surface area contributed by atoms with Gasteiger partial charge >= 0.3 is 17.2 Å². The Balaban J connectivity index is 2.11. The first-order valence-corrected chi connectivity index (χ1v) is 6.86. The maximum atomic E-state index is 12.6. The van der Waals surface area contributed by atoms with Crippen molar-refractivity contribution in [3.8, 4) is 0 Å².